The minimum atomic E-state index is -0.984. The smallest absolute Gasteiger partial charge is 0.201 e. The number of rotatable bonds is 1. The predicted octanol–water partition coefficient (Wildman–Crippen LogP) is 11.6. The van der Waals surface area contributed by atoms with Crippen molar-refractivity contribution >= 4 is 77.1 Å². The van der Waals surface area contributed by atoms with Crippen molar-refractivity contribution in [2.75, 3.05) is 16.0 Å². The zero-order valence-electron chi connectivity index (χ0n) is 34.1. The molecule has 10 aromatic rings. The largest absolute Gasteiger partial charge is 0.506 e. The molecule has 6 nitrogen and oxygen atoms in total. The fourth-order valence-corrected chi connectivity index (χ4v) is 12.0. The van der Waals surface area contributed by atoms with Crippen molar-refractivity contribution in [2.24, 2.45) is 4.99 Å². The molecule has 0 amide bonds. The van der Waals surface area contributed by atoms with Gasteiger partial charge in [0.1, 0.15) is 5.76 Å². The number of fused-ring (bicyclic) bond motifs is 14. The topological polar surface area (TPSA) is 85.8 Å². The van der Waals surface area contributed by atoms with Crippen molar-refractivity contribution in [2.45, 2.75) is 11.3 Å². The van der Waals surface area contributed by atoms with Crippen molar-refractivity contribution in [1.82, 2.24) is 0 Å². The number of Topliss-reactive ketones (excluding diaryl/α,β-unsaturated/α-hetero) is 1. The highest BCUT2D eigenvalue weighted by atomic mass is 16.3. The molecular formula is C58H34N4O2. The monoisotopic (exact) mass is 818 g/mol. The fraction of sp³-hybridized carbons (Fsp3) is 0.0345. The highest BCUT2D eigenvalue weighted by Gasteiger charge is 2.50. The van der Waals surface area contributed by atoms with Gasteiger partial charge in [-0.3, -0.25) is 4.79 Å². The first-order chi connectivity index (χ1) is 31.5. The summed E-state index contributed by atoms with van der Waals surface area (Å²) in [4.78, 5) is 21.0. The summed E-state index contributed by atoms with van der Waals surface area (Å²) in [5.74, 6) is -0.246. The number of benzene rings is 10. The lowest BCUT2D eigenvalue weighted by molar-refractivity contribution is -0.109. The lowest BCUT2D eigenvalue weighted by Gasteiger charge is -2.42. The summed E-state index contributed by atoms with van der Waals surface area (Å²) in [6.07, 6.45) is 0. The number of hydrogen-bond donors (Lipinski definition) is 4. The molecule has 0 aromatic heterocycles. The molecule has 0 bridgehead atoms. The number of anilines is 3. The quantitative estimate of drug-likeness (QED) is 0.133. The molecule has 15 rings (SSSR count). The summed E-state index contributed by atoms with van der Waals surface area (Å²) in [6.45, 7) is 0. The number of nitrogens with zero attached hydrogens (tertiary/aromatic N) is 1. The third kappa shape index (κ3) is 4.02. The first-order valence-electron chi connectivity index (χ1n) is 21.8. The molecule has 6 heteroatoms. The lowest BCUT2D eigenvalue weighted by Crippen LogP contribution is -2.45. The van der Waals surface area contributed by atoms with Gasteiger partial charge < -0.3 is 21.1 Å². The van der Waals surface area contributed by atoms with Crippen LogP contribution in [-0.4, -0.2) is 10.9 Å². The average molecular weight is 819 g/mol. The zero-order chi connectivity index (χ0) is 42.1. The number of hydrogen-bond acceptors (Lipinski definition) is 6. The van der Waals surface area contributed by atoms with E-state index in [1.54, 1.807) is 0 Å². The molecule has 2 unspecified atom stereocenters. The Morgan fingerprint density at radius 3 is 1.75 bits per heavy atom. The van der Waals surface area contributed by atoms with Crippen molar-refractivity contribution in [3.05, 3.63) is 226 Å². The molecule has 4 N–H and O–H groups in total. The molecule has 0 saturated heterocycles. The molecule has 64 heavy (non-hydrogen) atoms. The second kappa shape index (κ2) is 11.7. The van der Waals surface area contributed by atoms with Crippen LogP contribution in [0.5, 0.6) is 0 Å². The number of carbonyl (C=O) groups is 1. The Bertz CT molecular complexity index is 4060. The number of allylic oxidation sites excluding steroid dienone is 2. The van der Waals surface area contributed by atoms with E-state index in [9.17, 15) is 5.11 Å². The molecule has 2 aliphatic heterocycles. The summed E-state index contributed by atoms with van der Waals surface area (Å²) in [7, 11) is 0. The first kappa shape index (κ1) is 34.1. The van der Waals surface area contributed by atoms with Crippen LogP contribution in [0.25, 0.3) is 76.5 Å². The average Bonchev–Trinajstić information content (AvgIpc) is 3.76. The van der Waals surface area contributed by atoms with E-state index in [1.807, 2.05) is 24.3 Å². The van der Waals surface area contributed by atoms with Gasteiger partial charge in [0, 0.05) is 55.2 Å². The fourth-order valence-electron chi connectivity index (χ4n) is 12.0. The molecule has 0 fully saturated rings. The van der Waals surface area contributed by atoms with Crippen molar-refractivity contribution in [3.63, 3.8) is 0 Å². The van der Waals surface area contributed by atoms with Crippen LogP contribution >= 0.6 is 0 Å². The molecule has 2 spiro atoms. The number of carbonyl (C=O) groups excluding carboxylic acids is 1. The van der Waals surface area contributed by atoms with E-state index in [0.717, 1.165) is 105 Å². The van der Waals surface area contributed by atoms with Crippen LogP contribution in [0, 0.1) is 0 Å². The molecule has 3 aliphatic carbocycles. The summed E-state index contributed by atoms with van der Waals surface area (Å²) in [5, 5.41) is 34.3. The Morgan fingerprint density at radius 2 is 1.00 bits per heavy atom. The van der Waals surface area contributed by atoms with E-state index in [1.165, 1.54) is 0 Å². The molecule has 2 atom stereocenters. The Labute approximate surface area is 366 Å². The van der Waals surface area contributed by atoms with E-state index in [4.69, 9.17) is 4.99 Å². The standard InChI is InChI=1S/C58H34N4O2/c63-55-49(41-29-25-33-13-9-21-45-47(33)53(41)61-57(59-45)43-19-7-5-17-37(43)39-27-23-31-11-1-3-15-35(31)51(39)57)56(64)50(55)42-30-26-34-14-10-22-46-48(34)54(42)62-58(60-46)44-20-8-6-18-38(44)40-28-24-32-12-2-4-16-36(32)52(40)58/h1-30,59-61,63H/b50-42-. The second-order valence-corrected chi connectivity index (χ2v) is 17.6. The maximum absolute atomic E-state index is 15.2. The molecule has 0 saturated carbocycles. The highest BCUT2D eigenvalue weighted by molar-refractivity contribution is 6.52. The van der Waals surface area contributed by atoms with Gasteiger partial charge in [-0.15, -0.1) is 0 Å². The van der Waals surface area contributed by atoms with Gasteiger partial charge >= 0.3 is 0 Å². The molecule has 2 heterocycles. The van der Waals surface area contributed by atoms with E-state index < -0.39 is 11.3 Å². The van der Waals surface area contributed by atoms with Crippen LogP contribution in [0.4, 0.5) is 17.1 Å². The number of aliphatic hydroxyl groups excluding tert-OH is 1. The van der Waals surface area contributed by atoms with Gasteiger partial charge in [-0.1, -0.05) is 170 Å². The molecule has 298 valence electrons. The van der Waals surface area contributed by atoms with Crippen LogP contribution in [-0.2, 0) is 16.1 Å². The predicted molar refractivity (Wildman–Crippen MR) is 258 cm³/mol. The van der Waals surface area contributed by atoms with E-state index in [0.29, 0.717) is 21.7 Å². The van der Waals surface area contributed by atoms with Gasteiger partial charge in [0.25, 0.3) is 0 Å². The van der Waals surface area contributed by atoms with Crippen LogP contribution in [0.2, 0.25) is 0 Å². The number of nitrogens with one attached hydrogen (secondary N) is 3. The van der Waals surface area contributed by atoms with Crippen molar-refractivity contribution in [1.29, 1.82) is 0 Å². The zero-order valence-corrected chi connectivity index (χ0v) is 34.1. The minimum Gasteiger partial charge on any atom is -0.506 e. The van der Waals surface area contributed by atoms with Crippen molar-refractivity contribution in [3.8, 4) is 22.3 Å². The third-order valence-corrected chi connectivity index (χ3v) is 14.6. The van der Waals surface area contributed by atoms with Gasteiger partial charge in [-0.05, 0) is 66.7 Å². The molecule has 5 aliphatic rings. The Morgan fingerprint density at radius 1 is 0.438 bits per heavy atom. The maximum atomic E-state index is 15.2. The van der Waals surface area contributed by atoms with Gasteiger partial charge in [-0.25, -0.2) is 4.99 Å². The van der Waals surface area contributed by atoms with Gasteiger partial charge in [0.15, 0.2) is 11.3 Å². The van der Waals surface area contributed by atoms with E-state index in [-0.39, 0.29) is 17.1 Å². The highest BCUT2D eigenvalue weighted by Crippen LogP contribution is 2.57. The number of aliphatic hydroxyl groups is 1. The minimum absolute atomic E-state index is 0.0290. The van der Waals surface area contributed by atoms with Crippen molar-refractivity contribution < 1.29 is 9.90 Å². The third-order valence-electron chi connectivity index (χ3n) is 14.6. The molecule has 10 aromatic carbocycles. The normalized spacial score (nSPS) is 20.1. The molecular weight excluding hydrogens is 785 g/mol. The molecule has 0 radical (unpaired) electrons. The lowest BCUT2D eigenvalue weighted by atomic mass is 9.79. The Balaban J connectivity index is 0.990. The van der Waals surface area contributed by atoms with Crippen LogP contribution in [0.1, 0.15) is 27.8 Å². The number of ketones is 1. The Hall–Kier alpha value is -8.48. The van der Waals surface area contributed by atoms with Gasteiger partial charge in [0.2, 0.25) is 5.78 Å². The Kier molecular flexibility index (Phi) is 6.24. The summed E-state index contributed by atoms with van der Waals surface area (Å²) in [6, 6.07) is 63.4. The van der Waals surface area contributed by atoms with E-state index in [2.05, 4.69) is 174 Å². The van der Waals surface area contributed by atoms with Crippen LogP contribution in [0.3, 0.4) is 0 Å². The van der Waals surface area contributed by atoms with E-state index >= 15 is 4.79 Å². The maximum Gasteiger partial charge on any atom is 0.201 e. The summed E-state index contributed by atoms with van der Waals surface area (Å²) >= 11 is 0. The summed E-state index contributed by atoms with van der Waals surface area (Å²) < 4.78 is 0. The van der Waals surface area contributed by atoms with Crippen LogP contribution < -0.4 is 26.5 Å². The SMILES string of the molecule is O=C1C(c2ccc3cccc4c3c2NC2(N4)c3ccccc3-c3ccc4ccccc4c32)=C(O)/C1=c1\ccc2cccc3c2c1=NC1(N3)c2ccccc2-c2ccc3ccccc3c21. The first-order valence-corrected chi connectivity index (χ1v) is 21.8. The second-order valence-electron chi connectivity index (χ2n) is 17.6. The van der Waals surface area contributed by atoms with Gasteiger partial charge in [-0.2, -0.15) is 0 Å². The van der Waals surface area contributed by atoms with Gasteiger partial charge in [0.05, 0.1) is 22.2 Å². The summed E-state index contributed by atoms with van der Waals surface area (Å²) in [5.41, 5.74) is 11.0. The van der Waals surface area contributed by atoms with Crippen LogP contribution in [0.15, 0.2) is 193 Å².